The standard InChI is InChI=1S/C5H8N4OS/c1-3-2-7-5(11-3)9-8-4(6)10/h2H,1H3,(H,7,9)(H3,6,8,10). The maximum Gasteiger partial charge on any atom is 0.330 e. The van der Waals surface area contributed by atoms with Crippen LogP contribution in [0, 0.1) is 6.92 Å². The van der Waals surface area contributed by atoms with E-state index in [0.717, 1.165) is 4.88 Å². The van der Waals surface area contributed by atoms with Crippen LogP contribution in [0.2, 0.25) is 0 Å². The lowest BCUT2D eigenvalue weighted by atomic mass is 10.7. The summed E-state index contributed by atoms with van der Waals surface area (Å²) in [6, 6.07) is -0.627. The number of primary amides is 1. The fourth-order valence-corrected chi connectivity index (χ4v) is 1.15. The molecule has 0 saturated carbocycles. The molecule has 1 aromatic heterocycles. The number of nitrogens with one attached hydrogen (secondary N) is 2. The van der Waals surface area contributed by atoms with Crippen LogP contribution in [0.3, 0.4) is 0 Å². The number of nitrogens with two attached hydrogens (primary N) is 1. The fourth-order valence-electron chi connectivity index (χ4n) is 0.528. The number of thiazole rings is 1. The van der Waals surface area contributed by atoms with Gasteiger partial charge < -0.3 is 5.73 Å². The molecule has 0 fully saturated rings. The number of carbonyl (C=O) groups excluding carboxylic acids is 1. The van der Waals surface area contributed by atoms with E-state index in [9.17, 15) is 4.79 Å². The van der Waals surface area contributed by atoms with Gasteiger partial charge in [0.2, 0.25) is 5.13 Å². The van der Waals surface area contributed by atoms with Gasteiger partial charge in [0.1, 0.15) is 0 Å². The van der Waals surface area contributed by atoms with Crippen molar-refractivity contribution in [2.75, 3.05) is 5.43 Å². The van der Waals surface area contributed by atoms with Gasteiger partial charge in [0.15, 0.2) is 0 Å². The van der Waals surface area contributed by atoms with Crippen molar-refractivity contribution in [3.8, 4) is 0 Å². The quantitative estimate of drug-likeness (QED) is 0.566. The van der Waals surface area contributed by atoms with Gasteiger partial charge >= 0.3 is 6.03 Å². The number of hydrogen-bond donors (Lipinski definition) is 3. The minimum absolute atomic E-state index is 0.626. The van der Waals surface area contributed by atoms with Crippen LogP contribution in [-0.4, -0.2) is 11.0 Å². The number of carbonyl (C=O) groups is 1. The van der Waals surface area contributed by atoms with Crippen LogP contribution < -0.4 is 16.6 Å². The number of rotatable bonds is 2. The highest BCUT2D eigenvalue weighted by molar-refractivity contribution is 7.15. The summed E-state index contributed by atoms with van der Waals surface area (Å²) < 4.78 is 0. The van der Waals surface area contributed by atoms with Gasteiger partial charge in [0.25, 0.3) is 0 Å². The van der Waals surface area contributed by atoms with Crippen LogP contribution >= 0.6 is 11.3 Å². The van der Waals surface area contributed by atoms with Crippen LogP contribution in [0.4, 0.5) is 9.93 Å². The van der Waals surface area contributed by atoms with Gasteiger partial charge in [-0.1, -0.05) is 0 Å². The largest absolute Gasteiger partial charge is 0.350 e. The van der Waals surface area contributed by atoms with Crippen molar-refractivity contribution in [1.29, 1.82) is 0 Å². The average molecular weight is 172 g/mol. The van der Waals surface area contributed by atoms with E-state index < -0.39 is 6.03 Å². The zero-order valence-electron chi connectivity index (χ0n) is 5.92. The molecule has 1 rings (SSSR count). The maximum absolute atomic E-state index is 10.2. The smallest absolute Gasteiger partial charge is 0.330 e. The molecule has 0 aliphatic heterocycles. The summed E-state index contributed by atoms with van der Waals surface area (Å²) in [5.74, 6) is 0. The molecule has 6 heteroatoms. The van der Waals surface area contributed by atoms with Gasteiger partial charge in [-0.3, -0.25) is 5.43 Å². The summed E-state index contributed by atoms with van der Waals surface area (Å²) >= 11 is 1.44. The molecule has 5 nitrogen and oxygen atoms in total. The summed E-state index contributed by atoms with van der Waals surface area (Å²) in [6.07, 6.45) is 1.70. The van der Waals surface area contributed by atoms with Crippen LogP contribution in [-0.2, 0) is 0 Å². The molecular weight excluding hydrogens is 164 g/mol. The Morgan fingerprint density at radius 1 is 1.82 bits per heavy atom. The van der Waals surface area contributed by atoms with Crippen molar-refractivity contribution in [3.63, 3.8) is 0 Å². The first kappa shape index (κ1) is 7.80. The monoisotopic (exact) mass is 172 g/mol. The van der Waals surface area contributed by atoms with E-state index in [0.29, 0.717) is 5.13 Å². The van der Waals surface area contributed by atoms with E-state index in [4.69, 9.17) is 5.73 Å². The van der Waals surface area contributed by atoms with Crippen LogP contribution in [0.25, 0.3) is 0 Å². The Bertz CT molecular complexity index is 259. The molecule has 0 atom stereocenters. The van der Waals surface area contributed by atoms with E-state index >= 15 is 0 Å². The Balaban J connectivity index is 2.45. The predicted octanol–water partition coefficient (Wildman–Crippen LogP) is 0.447. The molecule has 0 unspecified atom stereocenters. The molecule has 1 aromatic rings. The van der Waals surface area contributed by atoms with Gasteiger partial charge in [0.05, 0.1) is 0 Å². The SMILES string of the molecule is Cc1cnc(NNC(N)=O)s1. The lowest BCUT2D eigenvalue weighted by molar-refractivity contribution is 0.250. The van der Waals surface area contributed by atoms with Crippen molar-refractivity contribution in [3.05, 3.63) is 11.1 Å². The van der Waals surface area contributed by atoms with E-state index in [2.05, 4.69) is 15.8 Å². The lowest BCUT2D eigenvalue weighted by Gasteiger charge is -1.99. The number of urea groups is 1. The molecule has 0 radical (unpaired) electrons. The Morgan fingerprint density at radius 3 is 3.00 bits per heavy atom. The molecule has 0 aromatic carbocycles. The van der Waals surface area contributed by atoms with E-state index in [1.807, 2.05) is 6.92 Å². The summed E-state index contributed by atoms with van der Waals surface area (Å²) in [4.78, 5) is 15.2. The van der Waals surface area contributed by atoms with E-state index in [1.54, 1.807) is 6.20 Å². The third-order valence-corrected chi connectivity index (χ3v) is 1.74. The first-order valence-corrected chi connectivity index (χ1v) is 3.74. The molecule has 11 heavy (non-hydrogen) atoms. The Labute approximate surface area is 67.6 Å². The highest BCUT2D eigenvalue weighted by Crippen LogP contribution is 2.14. The molecule has 0 saturated heterocycles. The zero-order valence-corrected chi connectivity index (χ0v) is 6.73. The fraction of sp³-hybridized carbons (Fsp3) is 0.200. The number of anilines is 1. The Kier molecular flexibility index (Phi) is 2.27. The topological polar surface area (TPSA) is 80.0 Å². The second-order valence-corrected chi connectivity index (χ2v) is 3.13. The number of hydrazine groups is 1. The molecular formula is C5H8N4OS. The first-order valence-electron chi connectivity index (χ1n) is 2.92. The van der Waals surface area contributed by atoms with Crippen LogP contribution in [0.1, 0.15) is 4.88 Å². The van der Waals surface area contributed by atoms with Crippen molar-refractivity contribution < 1.29 is 4.79 Å². The van der Waals surface area contributed by atoms with Crippen molar-refractivity contribution >= 4 is 22.5 Å². The summed E-state index contributed by atoms with van der Waals surface area (Å²) in [6.45, 7) is 1.92. The normalized spacial score (nSPS) is 9.18. The first-order chi connectivity index (χ1) is 5.18. The molecule has 60 valence electrons. The summed E-state index contributed by atoms with van der Waals surface area (Å²) in [5, 5.41) is 0.626. The Morgan fingerprint density at radius 2 is 2.55 bits per heavy atom. The summed E-state index contributed by atoms with van der Waals surface area (Å²) in [7, 11) is 0. The van der Waals surface area contributed by atoms with Crippen molar-refractivity contribution in [1.82, 2.24) is 10.4 Å². The van der Waals surface area contributed by atoms with Crippen LogP contribution in [0.15, 0.2) is 6.20 Å². The molecule has 2 amide bonds. The number of aryl methyl sites for hydroxylation is 1. The average Bonchev–Trinajstić information content (AvgIpc) is 2.31. The van der Waals surface area contributed by atoms with Crippen LogP contribution in [0.5, 0.6) is 0 Å². The molecule has 1 heterocycles. The minimum atomic E-state index is -0.627. The van der Waals surface area contributed by atoms with Gasteiger partial charge in [-0.05, 0) is 6.92 Å². The number of hydrogen-bond acceptors (Lipinski definition) is 4. The van der Waals surface area contributed by atoms with E-state index in [-0.39, 0.29) is 0 Å². The summed E-state index contributed by atoms with van der Waals surface area (Å²) in [5.41, 5.74) is 9.57. The molecule has 0 bridgehead atoms. The number of amides is 2. The zero-order chi connectivity index (χ0) is 8.27. The molecule has 0 aliphatic rings. The van der Waals surface area contributed by atoms with Crippen molar-refractivity contribution in [2.24, 2.45) is 5.73 Å². The predicted molar refractivity (Wildman–Crippen MR) is 43.2 cm³/mol. The van der Waals surface area contributed by atoms with E-state index in [1.165, 1.54) is 11.3 Å². The molecule has 4 N–H and O–H groups in total. The van der Waals surface area contributed by atoms with Gasteiger partial charge in [0, 0.05) is 11.1 Å². The second-order valence-electron chi connectivity index (χ2n) is 1.89. The van der Waals surface area contributed by atoms with Gasteiger partial charge in [-0.15, -0.1) is 11.3 Å². The third-order valence-electron chi connectivity index (χ3n) is 0.914. The minimum Gasteiger partial charge on any atom is -0.350 e. The second kappa shape index (κ2) is 3.20. The highest BCUT2D eigenvalue weighted by atomic mass is 32.1. The number of nitrogens with zero attached hydrogens (tertiary/aromatic N) is 1. The van der Waals surface area contributed by atoms with Crippen molar-refractivity contribution in [2.45, 2.75) is 6.92 Å². The third kappa shape index (κ3) is 2.42. The highest BCUT2D eigenvalue weighted by Gasteiger charge is 1.96. The Hall–Kier alpha value is -1.30. The lowest BCUT2D eigenvalue weighted by Crippen LogP contribution is -2.34. The molecule has 0 spiro atoms. The van der Waals surface area contributed by atoms with Gasteiger partial charge in [-0.25, -0.2) is 15.2 Å². The van der Waals surface area contributed by atoms with Gasteiger partial charge in [-0.2, -0.15) is 0 Å². The number of aromatic nitrogens is 1. The molecule has 0 aliphatic carbocycles. The maximum atomic E-state index is 10.2.